The fraction of sp³-hybridized carbons (Fsp3) is 0.462. The molecule has 1 aliphatic heterocycles. The molecule has 2 aromatic heterocycles. The van der Waals surface area contributed by atoms with Gasteiger partial charge < -0.3 is 4.74 Å². The van der Waals surface area contributed by atoms with E-state index in [1.165, 1.54) is 17.5 Å². The lowest BCUT2D eigenvalue weighted by atomic mass is 9.94. The minimum atomic E-state index is -3.69. The maximum atomic E-state index is 12.5. The van der Waals surface area contributed by atoms with Gasteiger partial charge in [-0.15, -0.1) is 11.3 Å². The second-order valence-electron chi connectivity index (χ2n) is 6.00. The Kier molecular flexibility index (Phi) is 3.25. The van der Waals surface area contributed by atoms with Crippen LogP contribution in [0.2, 0.25) is 0 Å². The molecule has 0 radical (unpaired) electrons. The van der Waals surface area contributed by atoms with E-state index in [-0.39, 0.29) is 10.3 Å². The monoisotopic (exact) mass is 327 g/mol. The molecule has 8 heteroatoms. The van der Waals surface area contributed by atoms with E-state index in [1.807, 2.05) is 12.3 Å². The summed E-state index contributed by atoms with van der Waals surface area (Å²) in [4.78, 5) is 0.0867. The summed E-state index contributed by atoms with van der Waals surface area (Å²) >= 11 is 1.45. The highest BCUT2D eigenvalue weighted by Crippen LogP contribution is 2.34. The highest BCUT2D eigenvalue weighted by atomic mass is 32.2. The quantitative estimate of drug-likeness (QED) is 0.940. The Balaban J connectivity index is 1.95. The van der Waals surface area contributed by atoms with Crippen molar-refractivity contribution in [3.8, 4) is 5.88 Å². The standard InChI is InChI=1S/C13H17N3O3S2/c1-9-5-20-6-10(9)15-21(17,18)11-4-14-16-7-13(2,3)8-19-12(11)16/h4-6,15H,7-8H2,1-3H3. The summed E-state index contributed by atoms with van der Waals surface area (Å²) in [5, 5.41) is 7.81. The van der Waals surface area contributed by atoms with Crippen LogP contribution in [0, 0.1) is 12.3 Å². The van der Waals surface area contributed by atoms with Crippen molar-refractivity contribution in [2.45, 2.75) is 32.2 Å². The van der Waals surface area contributed by atoms with Crippen molar-refractivity contribution in [1.29, 1.82) is 0 Å². The Hall–Kier alpha value is -1.54. The van der Waals surface area contributed by atoms with Crippen LogP contribution in [0.3, 0.4) is 0 Å². The zero-order valence-corrected chi connectivity index (χ0v) is 13.7. The summed E-state index contributed by atoms with van der Waals surface area (Å²) in [5.41, 5.74) is 1.43. The lowest BCUT2D eigenvalue weighted by Gasteiger charge is -2.30. The Bertz CT molecular complexity index is 774. The van der Waals surface area contributed by atoms with Gasteiger partial charge >= 0.3 is 0 Å². The molecule has 3 heterocycles. The third-order valence-corrected chi connectivity index (χ3v) is 5.54. The van der Waals surface area contributed by atoms with Crippen LogP contribution in [0.25, 0.3) is 0 Å². The normalized spacial score (nSPS) is 17.1. The van der Waals surface area contributed by atoms with Crippen LogP contribution in [0.4, 0.5) is 5.69 Å². The van der Waals surface area contributed by atoms with E-state index in [0.29, 0.717) is 24.7 Å². The molecule has 0 fully saturated rings. The van der Waals surface area contributed by atoms with Crippen molar-refractivity contribution in [2.75, 3.05) is 11.3 Å². The summed E-state index contributed by atoms with van der Waals surface area (Å²) in [5.74, 6) is 0.315. The Morgan fingerprint density at radius 2 is 2.19 bits per heavy atom. The first-order valence-corrected chi connectivity index (χ1v) is 8.95. The maximum Gasteiger partial charge on any atom is 0.268 e. The van der Waals surface area contributed by atoms with E-state index in [9.17, 15) is 8.42 Å². The highest BCUT2D eigenvalue weighted by Gasteiger charge is 2.33. The number of aromatic nitrogens is 2. The average molecular weight is 327 g/mol. The summed E-state index contributed by atoms with van der Waals surface area (Å²) in [6.07, 6.45) is 1.35. The lowest BCUT2D eigenvalue weighted by Crippen LogP contribution is -2.33. The summed E-state index contributed by atoms with van der Waals surface area (Å²) in [7, 11) is -3.69. The minimum Gasteiger partial charge on any atom is -0.476 e. The number of hydrogen-bond acceptors (Lipinski definition) is 5. The van der Waals surface area contributed by atoms with Gasteiger partial charge in [0.05, 0.1) is 25.0 Å². The van der Waals surface area contributed by atoms with E-state index in [1.54, 1.807) is 10.1 Å². The van der Waals surface area contributed by atoms with E-state index < -0.39 is 10.0 Å². The SMILES string of the molecule is Cc1cscc1NS(=O)(=O)c1cnn2c1OCC(C)(C)C2. The molecular formula is C13H17N3O3S2. The van der Waals surface area contributed by atoms with Crippen LogP contribution in [-0.2, 0) is 16.6 Å². The van der Waals surface area contributed by atoms with Gasteiger partial charge in [-0.3, -0.25) is 4.72 Å². The van der Waals surface area contributed by atoms with E-state index in [2.05, 4.69) is 23.7 Å². The minimum absolute atomic E-state index is 0.0581. The Morgan fingerprint density at radius 1 is 1.43 bits per heavy atom. The molecule has 0 aromatic carbocycles. The molecule has 0 spiro atoms. The molecule has 0 amide bonds. The molecule has 114 valence electrons. The van der Waals surface area contributed by atoms with Gasteiger partial charge in [-0.1, -0.05) is 13.8 Å². The van der Waals surface area contributed by atoms with Crippen molar-refractivity contribution < 1.29 is 13.2 Å². The Labute approximate surface area is 127 Å². The van der Waals surface area contributed by atoms with Gasteiger partial charge in [0.15, 0.2) is 4.90 Å². The van der Waals surface area contributed by atoms with Gasteiger partial charge in [-0.25, -0.2) is 13.1 Å². The molecule has 3 rings (SSSR count). The third-order valence-electron chi connectivity index (χ3n) is 3.33. The van der Waals surface area contributed by atoms with Gasteiger partial charge in [-0.2, -0.15) is 5.10 Å². The number of anilines is 1. The zero-order valence-electron chi connectivity index (χ0n) is 12.1. The summed E-state index contributed by atoms with van der Waals surface area (Å²) in [6.45, 7) is 7.08. The highest BCUT2D eigenvalue weighted by molar-refractivity contribution is 7.92. The number of nitrogens with one attached hydrogen (secondary N) is 1. The second-order valence-corrected chi connectivity index (χ2v) is 8.39. The van der Waals surface area contributed by atoms with Crippen LogP contribution in [0.5, 0.6) is 5.88 Å². The molecule has 2 aromatic rings. The van der Waals surface area contributed by atoms with Crippen molar-refractivity contribution in [2.24, 2.45) is 5.41 Å². The molecule has 0 saturated carbocycles. The summed E-state index contributed by atoms with van der Waals surface area (Å²) in [6, 6.07) is 0. The average Bonchev–Trinajstić information content (AvgIpc) is 2.95. The largest absolute Gasteiger partial charge is 0.476 e. The van der Waals surface area contributed by atoms with Gasteiger partial charge in [0.1, 0.15) is 0 Å². The summed E-state index contributed by atoms with van der Waals surface area (Å²) < 4.78 is 34.8. The van der Waals surface area contributed by atoms with Crippen LogP contribution in [0.15, 0.2) is 21.9 Å². The van der Waals surface area contributed by atoms with E-state index >= 15 is 0 Å². The van der Waals surface area contributed by atoms with Gasteiger partial charge in [-0.05, 0) is 17.9 Å². The number of aryl methyl sites for hydroxylation is 1. The van der Waals surface area contributed by atoms with Crippen molar-refractivity contribution in [3.05, 3.63) is 22.5 Å². The van der Waals surface area contributed by atoms with Crippen molar-refractivity contribution >= 4 is 27.0 Å². The maximum absolute atomic E-state index is 12.5. The molecular weight excluding hydrogens is 310 g/mol. The van der Waals surface area contributed by atoms with Crippen molar-refractivity contribution in [1.82, 2.24) is 9.78 Å². The predicted molar refractivity (Wildman–Crippen MR) is 81.4 cm³/mol. The lowest BCUT2D eigenvalue weighted by molar-refractivity contribution is 0.0971. The number of thiophene rings is 1. The first-order valence-electron chi connectivity index (χ1n) is 6.53. The Morgan fingerprint density at radius 3 is 2.86 bits per heavy atom. The van der Waals surface area contributed by atoms with Crippen LogP contribution in [-0.4, -0.2) is 24.8 Å². The molecule has 0 aliphatic carbocycles. The van der Waals surface area contributed by atoms with Gasteiger partial charge in [0.2, 0.25) is 5.88 Å². The number of fused-ring (bicyclic) bond motifs is 1. The van der Waals surface area contributed by atoms with Crippen LogP contribution in [0.1, 0.15) is 19.4 Å². The number of sulfonamides is 1. The molecule has 1 aliphatic rings. The van der Waals surface area contributed by atoms with Gasteiger partial charge in [0.25, 0.3) is 10.0 Å². The molecule has 1 N–H and O–H groups in total. The topological polar surface area (TPSA) is 73.2 Å². The van der Waals surface area contributed by atoms with E-state index in [4.69, 9.17) is 4.74 Å². The fourth-order valence-electron chi connectivity index (χ4n) is 2.18. The first kappa shape index (κ1) is 14.4. The molecule has 0 saturated heterocycles. The number of nitrogens with zero attached hydrogens (tertiary/aromatic N) is 2. The number of hydrogen-bond donors (Lipinski definition) is 1. The smallest absolute Gasteiger partial charge is 0.268 e. The number of rotatable bonds is 3. The van der Waals surface area contributed by atoms with E-state index in [0.717, 1.165) is 5.56 Å². The first-order chi connectivity index (χ1) is 9.78. The number of ether oxygens (including phenoxy) is 1. The van der Waals surface area contributed by atoms with Crippen LogP contribution >= 0.6 is 11.3 Å². The predicted octanol–water partition coefficient (Wildman–Crippen LogP) is 2.47. The zero-order chi connectivity index (χ0) is 15.3. The van der Waals surface area contributed by atoms with Crippen molar-refractivity contribution in [3.63, 3.8) is 0 Å². The molecule has 6 nitrogen and oxygen atoms in total. The van der Waals surface area contributed by atoms with Gasteiger partial charge in [0, 0.05) is 10.8 Å². The van der Waals surface area contributed by atoms with Crippen LogP contribution < -0.4 is 9.46 Å². The molecule has 0 unspecified atom stereocenters. The fourth-order valence-corrected chi connectivity index (χ4v) is 4.23. The third kappa shape index (κ3) is 2.65. The second kappa shape index (κ2) is 4.74. The molecule has 0 atom stereocenters. The molecule has 21 heavy (non-hydrogen) atoms. The molecule has 0 bridgehead atoms.